The van der Waals surface area contributed by atoms with Gasteiger partial charge in [0.25, 0.3) is 5.91 Å². The second-order valence-corrected chi connectivity index (χ2v) is 8.91. The van der Waals surface area contributed by atoms with E-state index in [4.69, 9.17) is 4.42 Å². The number of hydrogen-bond donors (Lipinski definition) is 1. The second kappa shape index (κ2) is 9.98. The van der Waals surface area contributed by atoms with E-state index in [1.165, 1.54) is 30.6 Å². The Morgan fingerprint density at radius 2 is 1.73 bits per heavy atom. The lowest BCUT2D eigenvalue weighted by molar-refractivity contribution is 0.0933. The number of benzene rings is 2. The molecule has 5 heteroatoms. The number of carbonyl (C=O) groups is 1. The Labute approximate surface area is 182 Å². The molecule has 1 amide bonds. The summed E-state index contributed by atoms with van der Waals surface area (Å²) < 4.78 is 5.90. The Bertz CT molecular complexity index is 959. The fourth-order valence-electron chi connectivity index (χ4n) is 3.81. The summed E-state index contributed by atoms with van der Waals surface area (Å²) >= 11 is 1.75. The van der Waals surface area contributed by atoms with Crippen molar-refractivity contribution in [1.82, 2.24) is 10.3 Å². The minimum absolute atomic E-state index is 0.0111. The Morgan fingerprint density at radius 1 is 1.03 bits per heavy atom. The largest absolute Gasteiger partial charge is 0.441 e. The molecule has 30 heavy (non-hydrogen) atoms. The third kappa shape index (κ3) is 5.33. The zero-order valence-corrected chi connectivity index (χ0v) is 18.2. The highest BCUT2D eigenvalue weighted by molar-refractivity contribution is 7.98. The SMILES string of the molecule is Cc1oc(-c2ccc(C(=O)NC3CCCCCC3)cc2)nc1CSc1ccccc1. The zero-order chi connectivity index (χ0) is 20.8. The molecule has 2 aromatic carbocycles. The van der Waals surface area contributed by atoms with Crippen LogP contribution in [-0.4, -0.2) is 16.9 Å². The topological polar surface area (TPSA) is 55.1 Å². The maximum Gasteiger partial charge on any atom is 0.251 e. The molecule has 1 aliphatic carbocycles. The van der Waals surface area contributed by atoms with Crippen molar-refractivity contribution in [3.63, 3.8) is 0 Å². The number of oxazole rings is 1. The first kappa shape index (κ1) is 20.7. The summed E-state index contributed by atoms with van der Waals surface area (Å²) in [6.07, 6.45) is 7.15. The average Bonchev–Trinajstić information content (AvgIpc) is 2.96. The van der Waals surface area contributed by atoms with Gasteiger partial charge in [-0.25, -0.2) is 4.98 Å². The van der Waals surface area contributed by atoms with Crippen molar-refractivity contribution < 1.29 is 9.21 Å². The van der Waals surface area contributed by atoms with E-state index in [1.807, 2.05) is 49.4 Å². The van der Waals surface area contributed by atoms with Gasteiger partial charge in [-0.1, -0.05) is 43.9 Å². The van der Waals surface area contributed by atoms with E-state index in [-0.39, 0.29) is 5.91 Å². The maximum absolute atomic E-state index is 12.6. The van der Waals surface area contributed by atoms with Crippen molar-refractivity contribution in [2.75, 3.05) is 0 Å². The molecule has 4 nitrogen and oxygen atoms in total. The van der Waals surface area contributed by atoms with E-state index in [1.54, 1.807) is 11.8 Å². The number of rotatable bonds is 6. The predicted octanol–water partition coefficient (Wildman–Crippen LogP) is 6.39. The van der Waals surface area contributed by atoms with E-state index < -0.39 is 0 Å². The lowest BCUT2D eigenvalue weighted by atomic mass is 10.1. The number of nitrogens with zero attached hydrogens (tertiary/aromatic N) is 1. The molecule has 1 heterocycles. The first-order valence-corrected chi connectivity index (χ1v) is 11.7. The Hall–Kier alpha value is -2.53. The van der Waals surface area contributed by atoms with Gasteiger partial charge in [-0.05, 0) is 56.2 Å². The first-order valence-electron chi connectivity index (χ1n) is 10.7. The molecule has 3 aromatic rings. The van der Waals surface area contributed by atoms with Crippen molar-refractivity contribution in [2.45, 2.75) is 62.1 Å². The fraction of sp³-hybridized carbons (Fsp3) is 0.360. The molecule has 1 fully saturated rings. The molecule has 156 valence electrons. The Morgan fingerprint density at radius 3 is 2.43 bits per heavy atom. The summed E-state index contributed by atoms with van der Waals surface area (Å²) in [5, 5.41) is 3.20. The molecule has 0 saturated heterocycles. The summed E-state index contributed by atoms with van der Waals surface area (Å²) in [4.78, 5) is 18.5. The van der Waals surface area contributed by atoms with E-state index >= 15 is 0 Å². The lowest BCUT2D eigenvalue weighted by Crippen LogP contribution is -2.34. The van der Waals surface area contributed by atoms with Gasteiger partial charge in [0.1, 0.15) is 5.76 Å². The lowest BCUT2D eigenvalue weighted by Gasteiger charge is -2.16. The van der Waals surface area contributed by atoms with Crippen LogP contribution in [0.25, 0.3) is 11.5 Å². The molecule has 1 N–H and O–H groups in total. The molecular formula is C25H28N2O2S. The summed E-state index contributed by atoms with van der Waals surface area (Å²) in [6.45, 7) is 1.95. The molecule has 1 saturated carbocycles. The van der Waals surface area contributed by atoms with Crippen molar-refractivity contribution >= 4 is 17.7 Å². The fourth-order valence-corrected chi connectivity index (χ4v) is 4.73. The number of aryl methyl sites for hydroxylation is 1. The van der Waals surface area contributed by atoms with Crippen LogP contribution >= 0.6 is 11.8 Å². The number of aromatic nitrogens is 1. The molecule has 1 aromatic heterocycles. The highest BCUT2D eigenvalue weighted by atomic mass is 32.2. The smallest absolute Gasteiger partial charge is 0.251 e. The molecule has 0 radical (unpaired) electrons. The van der Waals surface area contributed by atoms with Crippen molar-refractivity contribution in [3.05, 3.63) is 71.6 Å². The van der Waals surface area contributed by atoms with Crippen LogP contribution in [0, 0.1) is 6.92 Å². The Kier molecular flexibility index (Phi) is 6.90. The van der Waals surface area contributed by atoms with Gasteiger partial charge >= 0.3 is 0 Å². The second-order valence-electron chi connectivity index (χ2n) is 7.86. The van der Waals surface area contributed by atoms with Crippen LogP contribution in [0.15, 0.2) is 63.9 Å². The van der Waals surface area contributed by atoms with Crippen LogP contribution in [0.5, 0.6) is 0 Å². The highest BCUT2D eigenvalue weighted by Crippen LogP contribution is 2.27. The standard InChI is InChI=1S/C25H28N2O2S/c1-18-23(17-30-22-11-7-4-8-12-22)27-25(29-18)20-15-13-19(14-16-20)24(28)26-21-9-5-2-3-6-10-21/h4,7-8,11-16,21H,2-3,5-6,9-10,17H2,1H3,(H,26,28). The van der Waals surface area contributed by atoms with E-state index in [2.05, 4.69) is 22.4 Å². The van der Waals surface area contributed by atoms with Gasteiger partial charge in [-0.2, -0.15) is 0 Å². The number of thioether (sulfide) groups is 1. The van der Waals surface area contributed by atoms with Crippen LogP contribution in [0.2, 0.25) is 0 Å². The van der Waals surface area contributed by atoms with Crippen LogP contribution in [0.1, 0.15) is 60.3 Å². The number of amides is 1. The summed E-state index contributed by atoms with van der Waals surface area (Å²) in [5.41, 5.74) is 2.53. The number of hydrogen-bond acceptors (Lipinski definition) is 4. The van der Waals surface area contributed by atoms with E-state index in [0.717, 1.165) is 35.6 Å². The molecule has 0 bridgehead atoms. The first-order chi connectivity index (χ1) is 14.7. The van der Waals surface area contributed by atoms with Gasteiger partial charge in [0.2, 0.25) is 5.89 Å². The third-order valence-electron chi connectivity index (χ3n) is 5.60. The van der Waals surface area contributed by atoms with Crippen LogP contribution in [0.3, 0.4) is 0 Å². The van der Waals surface area contributed by atoms with Crippen molar-refractivity contribution in [1.29, 1.82) is 0 Å². The molecular weight excluding hydrogens is 392 g/mol. The molecule has 0 spiro atoms. The monoisotopic (exact) mass is 420 g/mol. The van der Waals surface area contributed by atoms with Crippen LogP contribution in [-0.2, 0) is 5.75 Å². The summed E-state index contributed by atoms with van der Waals surface area (Å²) in [6, 6.07) is 18.2. The number of nitrogens with one attached hydrogen (secondary N) is 1. The van der Waals surface area contributed by atoms with Crippen LogP contribution < -0.4 is 5.32 Å². The van der Waals surface area contributed by atoms with Gasteiger partial charge in [-0.15, -0.1) is 11.8 Å². The molecule has 4 rings (SSSR count). The molecule has 0 unspecified atom stereocenters. The van der Waals surface area contributed by atoms with Gasteiger partial charge in [0.15, 0.2) is 0 Å². The number of carbonyl (C=O) groups excluding carboxylic acids is 1. The minimum Gasteiger partial charge on any atom is -0.441 e. The maximum atomic E-state index is 12.6. The average molecular weight is 421 g/mol. The van der Waals surface area contributed by atoms with Gasteiger partial charge in [-0.3, -0.25) is 4.79 Å². The van der Waals surface area contributed by atoms with Gasteiger partial charge in [0, 0.05) is 27.8 Å². The van der Waals surface area contributed by atoms with E-state index in [0.29, 0.717) is 17.5 Å². The summed E-state index contributed by atoms with van der Waals surface area (Å²) in [5.74, 6) is 2.22. The quantitative estimate of drug-likeness (QED) is 0.370. The minimum atomic E-state index is 0.0111. The van der Waals surface area contributed by atoms with Crippen molar-refractivity contribution in [3.8, 4) is 11.5 Å². The Balaban J connectivity index is 1.39. The van der Waals surface area contributed by atoms with E-state index in [9.17, 15) is 4.79 Å². The van der Waals surface area contributed by atoms with Crippen LogP contribution in [0.4, 0.5) is 0 Å². The van der Waals surface area contributed by atoms with Crippen molar-refractivity contribution in [2.24, 2.45) is 0 Å². The van der Waals surface area contributed by atoms with Gasteiger partial charge in [0.05, 0.1) is 5.69 Å². The summed E-state index contributed by atoms with van der Waals surface area (Å²) in [7, 11) is 0. The molecule has 1 aliphatic rings. The molecule has 0 aliphatic heterocycles. The predicted molar refractivity (Wildman–Crippen MR) is 122 cm³/mol. The molecule has 0 atom stereocenters. The normalized spacial score (nSPS) is 15.0. The zero-order valence-electron chi connectivity index (χ0n) is 17.4. The third-order valence-corrected chi connectivity index (χ3v) is 6.62. The highest BCUT2D eigenvalue weighted by Gasteiger charge is 2.17. The van der Waals surface area contributed by atoms with Gasteiger partial charge < -0.3 is 9.73 Å².